The smallest absolute Gasteiger partial charge is 0.109 e. The quantitative estimate of drug-likeness (QED) is 0.867. The van der Waals surface area contributed by atoms with Gasteiger partial charge in [0.25, 0.3) is 0 Å². The first-order valence-electron chi connectivity index (χ1n) is 7.24. The monoisotopic (exact) mass is 283 g/mol. The average molecular weight is 283 g/mol. The van der Waals surface area contributed by atoms with Gasteiger partial charge in [0, 0.05) is 30.7 Å². The molecule has 2 unspecified atom stereocenters. The number of rotatable bonds is 6. The highest BCUT2D eigenvalue weighted by Gasteiger charge is 2.20. The van der Waals surface area contributed by atoms with E-state index in [1.807, 2.05) is 17.5 Å². The van der Waals surface area contributed by atoms with Crippen LogP contribution in [-0.4, -0.2) is 48.8 Å². The molecule has 1 aliphatic rings. The molecule has 0 radical (unpaired) electrons. The van der Waals surface area contributed by atoms with Gasteiger partial charge in [-0.15, -0.1) is 11.3 Å². The summed E-state index contributed by atoms with van der Waals surface area (Å²) in [6, 6.07) is 0.311. The zero-order chi connectivity index (χ0) is 13.7. The minimum atomic E-state index is 0.307. The summed E-state index contributed by atoms with van der Waals surface area (Å²) in [5, 5.41) is 4.73. The van der Waals surface area contributed by atoms with Crippen molar-refractivity contribution in [2.75, 3.05) is 32.8 Å². The summed E-state index contributed by atoms with van der Waals surface area (Å²) in [5.74, 6) is 0. The van der Waals surface area contributed by atoms with Crippen LogP contribution in [0.5, 0.6) is 0 Å². The van der Waals surface area contributed by atoms with Gasteiger partial charge in [0.2, 0.25) is 0 Å². The van der Waals surface area contributed by atoms with E-state index in [1.54, 1.807) is 0 Å². The van der Waals surface area contributed by atoms with Gasteiger partial charge in [-0.2, -0.15) is 0 Å². The summed E-state index contributed by atoms with van der Waals surface area (Å²) < 4.78 is 5.80. The molecule has 0 spiro atoms. The van der Waals surface area contributed by atoms with Crippen LogP contribution in [0.3, 0.4) is 0 Å². The van der Waals surface area contributed by atoms with E-state index in [2.05, 4.69) is 36.0 Å². The van der Waals surface area contributed by atoms with Crippen LogP contribution < -0.4 is 5.32 Å². The van der Waals surface area contributed by atoms with Crippen LogP contribution in [0.15, 0.2) is 6.20 Å². The van der Waals surface area contributed by atoms with Crippen LogP contribution in [0.25, 0.3) is 0 Å². The Morgan fingerprint density at radius 1 is 1.58 bits per heavy atom. The maximum Gasteiger partial charge on any atom is 0.109 e. The molecule has 1 aliphatic heterocycles. The molecule has 0 bridgehead atoms. The average Bonchev–Trinajstić information content (AvgIpc) is 2.94. The fourth-order valence-corrected chi connectivity index (χ4v) is 3.16. The van der Waals surface area contributed by atoms with E-state index in [0.717, 1.165) is 39.2 Å². The number of hydrogen-bond donors (Lipinski definition) is 1. The van der Waals surface area contributed by atoms with Crippen molar-refractivity contribution >= 4 is 11.3 Å². The Kier molecular flexibility index (Phi) is 5.76. The lowest BCUT2D eigenvalue weighted by atomic mass is 10.2. The second-order valence-electron chi connectivity index (χ2n) is 5.03. The highest BCUT2D eigenvalue weighted by Crippen LogP contribution is 2.20. The van der Waals surface area contributed by atoms with Crippen LogP contribution in [0.2, 0.25) is 0 Å². The topological polar surface area (TPSA) is 37.4 Å². The Morgan fingerprint density at radius 2 is 2.42 bits per heavy atom. The summed E-state index contributed by atoms with van der Waals surface area (Å²) in [5.41, 5.74) is 0. The lowest BCUT2D eigenvalue weighted by molar-refractivity contribution is -0.0262. The van der Waals surface area contributed by atoms with Crippen molar-refractivity contribution in [3.8, 4) is 0 Å². The standard InChI is InChI=1S/C14H25N3OS/c1-4-13-9-16-14(19-13)11(3)15-8-12-10-17(5-2)6-7-18-12/h9,11-12,15H,4-8,10H2,1-3H3. The number of nitrogens with zero attached hydrogens (tertiary/aromatic N) is 2. The third-order valence-electron chi connectivity index (χ3n) is 3.61. The van der Waals surface area contributed by atoms with E-state index >= 15 is 0 Å². The number of ether oxygens (including phenoxy) is 1. The number of thiazole rings is 1. The van der Waals surface area contributed by atoms with Crippen molar-refractivity contribution in [3.63, 3.8) is 0 Å². The lowest BCUT2D eigenvalue weighted by Gasteiger charge is -2.32. The number of hydrogen-bond acceptors (Lipinski definition) is 5. The van der Waals surface area contributed by atoms with Gasteiger partial charge in [-0.1, -0.05) is 13.8 Å². The van der Waals surface area contributed by atoms with Gasteiger partial charge >= 0.3 is 0 Å². The van der Waals surface area contributed by atoms with Crippen molar-refractivity contribution < 1.29 is 4.74 Å². The Balaban J connectivity index is 1.78. The minimum Gasteiger partial charge on any atom is -0.374 e. The molecule has 1 N–H and O–H groups in total. The molecule has 0 amide bonds. The Morgan fingerprint density at radius 3 is 3.11 bits per heavy atom. The van der Waals surface area contributed by atoms with Gasteiger partial charge in [-0.05, 0) is 19.9 Å². The molecule has 0 aromatic carbocycles. The van der Waals surface area contributed by atoms with Crippen LogP contribution in [0.4, 0.5) is 0 Å². The third-order valence-corrected chi connectivity index (χ3v) is 4.94. The van der Waals surface area contributed by atoms with E-state index in [9.17, 15) is 0 Å². The van der Waals surface area contributed by atoms with Gasteiger partial charge in [-0.3, -0.25) is 4.90 Å². The maximum atomic E-state index is 5.80. The molecule has 2 rings (SSSR count). The van der Waals surface area contributed by atoms with Crippen molar-refractivity contribution in [2.24, 2.45) is 0 Å². The molecule has 1 aromatic rings. The molecule has 1 fully saturated rings. The van der Waals surface area contributed by atoms with E-state index in [4.69, 9.17) is 4.74 Å². The molecule has 19 heavy (non-hydrogen) atoms. The van der Waals surface area contributed by atoms with Gasteiger partial charge < -0.3 is 10.1 Å². The molecule has 1 aromatic heterocycles. The summed E-state index contributed by atoms with van der Waals surface area (Å²) >= 11 is 1.81. The molecular formula is C14H25N3OS. The number of aryl methyl sites for hydroxylation is 1. The summed E-state index contributed by atoms with van der Waals surface area (Å²) in [4.78, 5) is 8.29. The molecule has 4 nitrogen and oxygen atoms in total. The first-order valence-corrected chi connectivity index (χ1v) is 8.06. The zero-order valence-electron chi connectivity index (χ0n) is 12.2. The van der Waals surface area contributed by atoms with Crippen molar-refractivity contribution in [1.29, 1.82) is 0 Å². The molecular weight excluding hydrogens is 258 g/mol. The summed E-state index contributed by atoms with van der Waals surface area (Å²) in [6.45, 7) is 11.5. The first-order chi connectivity index (χ1) is 9.22. The number of aromatic nitrogens is 1. The summed E-state index contributed by atoms with van der Waals surface area (Å²) in [7, 11) is 0. The van der Waals surface area contributed by atoms with Crippen molar-refractivity contribution in [3.05, 3.63) is 16.1 Å². The zero-order valence-corrected chi connectivity index (χ0v) is 13.0. The van der Waals surface area contributed by atoms with E-state index < -0.39 is 0 Å². The predicted molar refractivity (Wildman–Crippen MR) is 79.8 cm³/mol. The highest BCUT2D eigenvalue weighted by atomic mass is 32.1. The van der Waals surface area contributed by atoms with E-state index in [1.165, 1.54) is 9.88 Å². The minimum absolute atomic E-state index is 0.307. The Labute approximate surface area is 120 Å². The molecule has 108 valence electrons. The first kappa shape index (κ1) is 14.9. The number of likely N-dealkylation sites (N-methyl/N-ethyl adjacent to an activating group) is 1. The fraction of sp³-hybridized carbons (Fsp3) is 0.786. The second-order valence-corrected chi connectivity index (χ2v) is 6.18. The SMILES string of the molecule is CCc1cnc(C(C)NCC2CN(CC)CCO2)s1. The Hall–Kier alpha value is -0.490. The van der Waals surface area contributed by atoms with Crippen LogP contribution in [0.1, 0.15) is 36.7 Å². The predicted octanol–water partition coefficient (Wildman–Crippen LogP) is 2.08. The van der Waals surface area contributed by atoms with Gasteiger partial charge in [0.15, 0.2) is 0 Å². The van der Waals surface area contributed by atoms with E-state index in [-0.39, 0.29) is 0 Å². The third kappa shape index (κ3) is 4.24. The van der Waals surface area contributed by atoms with Crippen LogP contribution in [0, 0.1) is 0 Å². The number of morpholine rings is 1. The Bertz CT molecular complexity index is 383. The second kappa shape index (κ2) is 7.33. The molecule has 0 aliphatic carbocycles. The normalized spacial score (nSPS) is 22.6. The van der Waals surface area contributed by atoms with Crippen molar-refractivity contribution in [2.45, 2.75) is 39.3 Å². The largest absolute Gasteiger partial charge is 0.374 e. The van der Waals surface area contributed by atoms with Gasteiger partial charge in [-0.25, -0.2) is 4.98 Å². The van der Waals surface area contributed by atoms with Crippen LogP contribution in [-0.2, 0) is 11.2 Å². The number of nitrogens with one attached hydrogen (secondary N) is 1. The van der Waals surface area contributed by atoms with Gasteiger partial charge in [0.05, 0.1) is 18.8 Å². The summed E-state index contributed by atoms with van der Waals surface area (Å²) in [6.07, 6.45) is 3.37. The van der Waals surface area contributed by atoms with Crippen LogP contribution >= 0.6 is 11.3 Å². The molecule has 1 saturated heterocycles. The fourth-order valence-electron chi connectivity index (χ4n) is 2.27. The maximum absolute atomic E-state index is 5.80. The molecule has 5 heteroatoms. The highest BCUT2D eigenvalue weighted by molar-refractivity contribution is 7.11. The molecule has 2 atom stereocenters. The molecule has 2 heterocycles. The molecule has 0 saturated carbocycles. The van der Waals surface area contributed by atoms with E-state index in [0.29, 0.717) is 12.1 Å². The lowest BCUT2D eigenvalue weighted by Crippen LogP contribution is -2.46. The van der Waals surface area contributed by atoms with Gasteiger partial charge in [0.1, 0.15) is 5.01 Å². The van der Waals surface area contributed by atoms with Crippen molar-refractivity contribution in [1.82, 2.24) is 15.2 Å².